The van der Waals surface area contributed by atoms with Crippen molar-refractivity contribution in [3.63, 3.8) is 0 Å². The van der Waals surface area contributed by atoms with Crippen molar-refractivity contribution in [1.29, 1.82) is 0 Å². The maximum atomic E-state index is 4.12. The second kappa shape index (κ2) is 10.3. The molecule has 2 heteroatoms. The lowest BCUT2D eigenvalue weighted by atomic mass is 9.80. The van der Waals surface area contributed by atoms with Crippen molar-refractivity contribution in [2.24, 2.45) is 23.7 Å². The first-order chi connectivity index (χ1) is 14.3. The van der Waals surface area contributed by atoms with E-state index in [9.17, 15) is 0 Å². The first-order valence-electron chi connectivity index (χ1n) is 13.5. The van der Waals surface area contributed by atoms with Gasteiger partial charge in [0.15, 0.2) is 0 Å². The van der Waals surface area contributed by atoms with E-state index in [4.69, 9.17) is 0 Å². The van der Waals surface area contributed by atoms with Crippen molar-refractivity contribution in [1.82, 2.24) is 0 Å². The quantitative estimate of drug-likeness (QED) is 0.251. The fourth-order valence-corrected chi connectivity index (χ4v) is 19.3. The molecule has 0 saturated heterocycles. The van der Waals surface area contributed by atoms with E-state index in [0.29, 0.717) is 11.8 Å². The first kappa shape index (κ1) is 27.0. The molecule has 0 nitrogen and oxygen atoms in total. The Hall–Kier alpha value is -0.266. The highest BCUT2D eigenvalue weighted by molar-refractivity contribution is 6.90. The monoisotopic (exact) mass is 458 g/mol. The van der Waals surface area contributed by atoms with Crippen LogP contribution in [0.4, 0.5) is 0 Å². The van der Waals surface area contributed by atoms with Crippen LogP contribution in [0.25, 0.3) is 0 Å². The second-order valence-electron chi connectivity index (χ2n) is 12.9. The van der Waals surface area contributed by atoms with Crippen molar-refractivity contribution in [3.8, 4) is 11.5 Å². The predicted octanol–water partition coefficient (Wildman–Crippen LogP) is 9.64. The standard InChI is InChI=1S/C29H54Si2/c1-20(2)30(21(3)4,22(5)6)17-15-28-26-13-14-27(19-26)29(28)16-18-31(23(7)8,24(9)10)25(11)12/h15,17,20-29H,13-14,19H2,1-12H3/b17-15+/t26-,27+,28+,29-/m1/s1. The minimum absolute atomic E-state index is 0.622. The molecule has 2 rings (SSSR count). The molecule has 0 radical (unpaired) electrons. The van der Waals surface area contributed by atoms with Gasteiger partial charge in [0, 0.05) is 5.92 Å². The summed E-state index contributed by atoms with van der Waals surface area (Å²) in [5.41, 5.74) is 11.5. The molecule has 0 amide bonds. The summed E-state index contributed by atoms with van der Waals surface area (Å²) in [6.45, 7) is 29.6. The van der Waals surface area contributed by atoms with E-state index in [1.54, 1.807) is 0 Å². The Kier molecular flexibility index (Phi) is 9.00. The molecule has 2 aliphatic carbocycles. The zero-order valence-corrected chi connectivity index (χ0v) is 25.0. The topological polar surface area (TPSA) is 0 Å². The molecule has 0 aromatic heterocycles. The van der Waals surface area contributed by atoms with Crippen molar-refractivity contribution >= 4 is 16.1 Å². The van der Waals surface area contributed by atoms with E-state index >= 15 is 0 Å². The van der Waals surface area contributed by atoms with Gasteiger partial charge >= 0.3 is 0 Å². The van der Waals surface area contributed by atoms with Crippen LogP contribution in [0.1, 0.15) is 102 Å². The molecule has 0 aromatic rings. The van der Waals surface area contributed by atoms with Gasteiger partial charge in [-0.1, -0.05) is 94.9 Å². The summed E-state index contributed by atoms with van der Waals surface area (Å²) in [7, 11) is -3.13. The highest BCUT2D eigenvalue weighted by Crippen LogP contribution is 2.54. The minimum atomic E-state index is -1.64. The van der Waals surface area contributed by atoms with Gasteiger partial charge in [0.25, 0.3) is 0 Å². The fraction of sp³-hybridized carbons (Fsp3) is 0.862. The summed E-state index contributed by atoms with van der Waals surface area (Å²) in [4.78, 5) is 0. The number of rotatable bonds is 8. The van der Waals surface area contributed by atoms with Crippen LogP contribution in [0, 0.1) is 35.1 Å². The number of fused-ring (bicyclic) bond motifs is 2. The van der Waals surface area contributed by atoms with Gasteiger partial charge in [0.05, 0.1) is 8.07 Å². The van der Waals surface area contributed by atoms with Gasteiger partial charge in [0.2, 0.25) is 0 Å². The number of hydrogen-bond acceptors (Lipinski definition) is 0. The van der Waals surface area contributed by atoms with E-state index in [1.165, 1.54) is 19.3 Å². The predicted molar refractivity (Wildman–Crippen MR) is 147 cm³/mol. The van der Waals surface area contributed by atoms with Crippen LogP contribution < -0.4 is 0 Å². The van der Waals surface area contributed by atoms with Gasteiger partial charge in [-0.3, -0.25) is 0 Å². The molecule has 0 N–H and O–H groups in total. The van der Waals surface area contributed by atoms with Crippen LogP contribution >= 0.6 is 0 Å². The summed E-state index contributed by atoms with van der Waals surface area (Å²) in [5, 5.41) is 0. The maximum Gasteiger partial charge on any atom is 0.145 e. The molecule has 31 heavy (non-hydrogen) atoms. The number of allylic oxidation sites excluding steroid dienone is 1. The molecular weight excluding hydrogens is 404 g/mol. The lowest BCUT2D eigenvalue weighted by molar-refractivity contribution is 0.328. The van der Waals surface area contributed by atoms with E-state index in [0.717, 1.165) is 45.1 Å². The smallest absolute Gasteiger partial charge is 0.130 e. The van der Waals surface area contributed by atoms with Crippen LogP contribution in [0.2, 0.25) is 33.2 Å². The molecular formula is C29H54Si2. The van der Waals surface area contributed by atoms with Gasteiger partial charge in [-0.25, -0.2) is 0 Å². The Balaban J connectivity index is 2.44. The molecule has 178 valence electrons. The lowest BCUT2D eigenvalue weighted by Crippen LogP contribution is -2.43. The fourth-order valence-electron chi connectivity index (χ4n) is 8.32. The molecule has 2 saturated carbocycles. The molecule has 0 spiro atoms. The van der Waals surface area contributed by atoms with Gasteiger partial charge in [-0.15, -0.1) is 11.5 Å². The molecule has 0 aromatic carbocycles. The lowest BCUT2D eigenvalue weighted by Gasteiger charge is -2.41. The zero-order valence-electron chi connectivity index (χ0n) is 23.0. The van der Waals surface area contributed by atoms with E-state index in [-0.39, 0.29) is 0 Å². The Bertz CT molecular complexity index is 627. The van der Waals surface area contributed by atoms with Crippen LogP contribution in [0.5, 0.6) is 0 Å². The Morgan fingerprint density at radius 3 is 1.52 bits per heavy atom. The Morgan fingerprint density at radius 1 is 0.645 bits per heavy atom. The zero-order chi connectivity index (χ0) is 23.7. The van der Waals surface area contributed by atoms with Crippen LogP contribution in [-0.4, -0.2) is 16.1 Å². The Morgan fingerprint density at radius 2 is 1.10 bits per heavy atom. The van der Waals surface area contributed by atoms with E-state index < -0.39 is 16.1 Å². The summed E-state index contributed by atoms with van der Waals surface area (Å²) in [6.07, 6.45) is 7.04. The van der Waals surface area contributed by atoms with Crippen LogP contribution in [0.15, 0.2) is 11.8 Å². The third-order valence-corrected chi connectivity index (χ3v) is 23.0. The van der Waals surface area contributed by atoms with Gasteiger partial charge < -0.3 is 0 Å². The van der Waals surface area contributed by atoms with Crippen LogP contribution in [-0.2, 0) is 0 Å². The molecule has 2 bridgehead atoms. The average molecular weight is 459 g/mol. The summed E-state index contributed by atoms with van der Waals surface area (Å²) < 4.78 is 0. The first-order valence-corrected chi connectivity index (χ1v) is 18.1. The molecule has 0 heterocycles. The maximum absolute atomic E-state index is 4.12. The molecule has 0 aliphatic heterocycles. The minimum Gasteiger partial charge on any atom is -0.130 e. The van der Waals surface area contributed by atoms with Crippen molar-refractivity contribution < 1.29 is 0 Å². The molecule has 2 fully saturated rings. The van der Waals surface area contributed by atoms with Gasteiger partial charge in [-0.05, 0) is 70.3 Å². The van der Waals surface area contributed by atoms with Crippen molar-refractivity contribution in [2.45, 2.75) is 136 Å². The normalized spacial score (nSPS) is 27.0. The van der Waals surface area contributed by atoms with E-state index in [2.05, 4.69) is 106 Å². The van der Waals surface area contributed by atoms with Crippen molar-refractivity contribution in [3.05, 3.63) is 11.8 Å². The van der Waals surface area contributed by atoms with Gasteiger partial charge in [-0.2, -0.15) is 0 Å². The largest absolute Gasteiger partial charge is 0.145 e. The third kappa shape index (κ3) is 4.84. The van der Waals surface area contributed by atoms with E-state index in [1.807, 2.05) is 0 Å². The SMILES string of the molecule is CC(C)[Si](C#C[C@@H]1[C@H]2CC[C@H](C2)[C@@H]1/C=C/[Si](C(C)C)(C(C)C)C(C)C)(C(C)C)C(C)C. The molecule has 2 aliphatic rings. The number of hydrogen-bond donors (Lipinski definition) is 0. The summed E-state index contributed by atoms with van der Waals surface area (Å²) in [5.74, 6) is 7.14. The summed E-state index contributed by atoms with van der Waals surface area (Å²) in [6, 6.07) is 0. The highest BCUT2D eigenvalue weighted by Gasteiger charge is 2.48. The average Bonchev–Trinajstić information content (AvgIpc) is 3.22. The van der Waals surface area contributed by atoms with Gasteiger partial charge in [0.1, 0.15) is 8.07 Å². The highest BCUT2D eigenvalue weighted by atomic mass is 28.3. The molecule has 4 atom stereocenters. The molecule has 0 unspecified atom stereocenters. The Labute approximate surface area is 198 Å². The second-order valence-corrected chi connectivity index (χ2v) is 24.3. The van der Waals surface area contributed by atoms with Crippen LogP contribution in [0.3, 0.4) is 0 Å². The summed E-state index contributed by atoms with van der Waals surface area (Å²) >= 11 is 0. The third-order valence-electron chi connectivity index (χ3n) is 9.91. The van der Waals surface area contributed by atoms with Crippen molar-refractivity contribution in [2.75, 3.05) is 0 Å².